The van der Waals surface area contributed by atoms with Gasteiger partial charge in [-0.05, 0) is 92.2 Å². The standard InChI is InChI=1S/C30H32N2O4/c1-33-25-12-6-22(7-13-25)28-29(23-8-14-26(34-2)15-9-23)31-36-30(28)24-10-16-27(17-11-24)35-21-20-32-18-4-3-5-19-32/h6-17H,3-5,18-21H2,1-2H3. The summed E-state index contributed by atoms with van der Waals surface area (Å²) in [4.78, 5) is 2.48. The average molecular weight is 485 g/mol. The van der Waals surface area contributed by atoms with Crippen molar-refractivity contribution in [2.24, 2.45) is 0 Å². The lowest BCUT2D eigenvalue weighted by atomic mass is 9.96. The molecule has 0 atom stereocenters. The molecule has 2 heterocycles. The second-order valence-electron chi connectivity index (χ2n) is 8.97. The molecular weight excluding hydrogens is 452 g/mol. The Hall–Kier alpha value is -3.77. The van der Waals surface area contributed by atoms with Gasteiger partial charge in [0.15, 0.2) is 5.76 Å². The van der Waals surface area contributed by atoms with Crippen LogP contribution in [0.1, 0.15) is 19.3 Å². The van der Waals surface area contributed by atoms with Crippen LogP contribution in [-0.4, -0.2) is 50.5 Å². The fourth-order valence-electron chi connectivity index (χ4n) is 4.64. The highest BCUT2D eigenvalue weighted by Gasteiger charge is 2.21. The largest absolute Gasteiger partial charge is 0.497 e. The number of benzene rings is 3. The van der Waals surface area contributed by atoms with Gasteiger partial charge in [-0.2, -0.15) is 0 Å². The molecule has 0 spiro atoms. The topological polar surface area (TPSA) is 57.0 Å². The molecular formula is C30H32N2O4. The minimum atomic E-state index is 0.695. The van der Waals surface area contributed by atoms with Crippen LogP contribution in [0.5, 0.6) is 17.2 Å². The number of hydrogen-bond donors (Lipinski definition) is 0. The second kappa shape index (κ2) is 11.3. The van der Waals surface area contributed by atoms with Gasteiger partial charge in [-0.1, -0.05) is 23.7 Å². The molecule has 1 fully saturated rings. The molecule has 5 rings (SSSR count). The summed E-state index contributed by atoms with van der Waals surface area (Å²) in [5.74, 6) is 3.17. The van der Waals surface area contributed by atoms with E-state index in [1.807, 2.05) is 72.8 Å². The zero-order chi connectivity index (χ0) is 24.7. The van der Waals surface area contributed by atoms with Gasteiger partial charge in [0.1, 0.15) is 29.5 Å². The summed E-state index contributed by atoms with van der Waals surface area (Å²) in [7, 11) is 3.33. The van der Waals surface area contributed by atoms with Crippen molar-refractivity contribution in [1.29, 1.82) is 0 Å². The number of rotatable bonds is 9. The molecule has 0 saturated carbocycles. The van der Waals surface area contributed by atoms with Crippen LogP contribution in [0.2, 0.25) is 0 Å². The molecule has 3 aromatic carbocycles. The lowest BCUT2D eigenvalue weighted by Crippen LogP contribution is -2.33. The van der Waals surface area contributed by atoms with Crippen LogP contribution in [0.15, 0.2) is 77.3 Å². The lowest BCUT2D eigenvalue weighted by Gasteiger charge is -2.26. The Labute approximate surface area is 212 Å². The highest BCUT2D eigenvalue weighted by molar-refractivity contribution is 5.90. The van der Waals surface area contributed by atoms with Crippen molar-refractivity contribution < 1.29 is 18.7 Å². The number of hydrogen-bond acceptors (Lipinski definition) is 6. The number of aromatic nitrogens is 1. The molecule has 0 amide bonds. The predicted octanol–water partition coefficient (Wildman–Crippen LogP) is 6.56. The van der Waals surface area contributed by atoms with Crippen molar-refractivity contribution in [1.82, 2.24) is 10.1 Å². The molecule has 4 aromatic rings. The maximum absolute atomic E-state index is 6.02. The first-order chi connectivity index (χ1) is 17.7. The van der Waals surface area contributed by atoms with E-state index in [1.165, 1.54) is 32.4 Å². The van der Waals surface area contributed by atoms with Crippen LogP contribution < -0.4 is 14.2 Å². The van der Waals surface area contributed by atoms with Gasteiger partial charge in [-0.3, -0.25) is 4.90 Å². The quantitative estimate of drug-likeness (QED) is 0.268. The van der Waals surface area contributed by atoms with E-state index in [4.69, 9.17) is 18.7 Å². The summed E-state index contributed by atoms with van der Waals surface area (Å²) in [5.41, 5.74) is 4.60. The van der Waals surface area contributed by atoms with Gasteiger partial charge in [0.25, 0.3) is 0 Å². The van der Waals surface area contributed by atoms with Crippen LogP contribution in [0.25, 0.3) is 33.7 Å². The molecule has 0 unspecified atom stereocenters. The summed E-state index contributed by atoms with van der Waals surface area (Å²) in [6.45, 7) is 4.02. The normalized spacial score (nSPS) is 13.9. The molecule has 0 aliphatic carbocycles. The summed E-state index contributed by atoms with van der Waals surface area (Å²) >= 11 is 0. The van der Waals surface area contributed by atoms with E-state index in [0.29, 0.717) is 12.4 Å². The summed E-state index contributed by atoms with van der Waals surface area (Å²) in [5, 5.41) is 4.48. The van der Waals surface area contributed by atoms with E-state index in [1.54, 1.807) is 14.2 Å². The molecule has 1 aliphatic rings. The summed E-state index contributed by atoms with van der Waals surface area (Å²) < 4.78 is 22.6. The number of nitrogens with zero attached hydrogens (tertiary/aromatic N) is 2. The van der Waals surface area contributed by atoms with E-state index >= 15 is 0 Å². The Bertz CT molecular complexity index is 1240. The van der Waals surface area contributed by atoms with E-state index < -0.39 is 0 Å². The molecule has 6 heteroatoms. The molecule has 6 nitrogen and oxygen atoms in total. The SMILES string of the molecule is COc1ccc(-c2noc(-c3ccc(OCCN4CCCCC4)cc3)c2-c2ccc(OC)cc2)cc1. The Balaban J connectivity index is 1.41. The molecule has 186 valence electrons. The minimum absolute atomic E-state index is 0.695. The van der Waals surface area contributed by atoms with E-state index in [2.05, 4.69) is 10.1 Å². The van der Waals surface area contributed by atoms with Crippen molar-refractivity contribution in [3.05, 3.63) is 72.8 Å². The first kappa shape index (κ1) is 23.9. The van der Waals surface area contributed by atoms with Crippen LogP contribution in [0, 0.1) is 0 Å². The zero-order valence-electron chi connectivity index (χ0n) is 20.9. The van der Waals surface area contributed by atoms with Gasteiger partial charge in [0, 0.05) is 17.7 Å². The fourth-order valence-corrected chi connectivity index (χ4v) is 4.64. The maximum Gasteiger partial charge on any atom is 0.175 e. The fraction of sp³-hybridized carbons (Fsp3) is 0.300. The van der Waals surface area contributed by atoms with Crippen LogP contribution >= 0.6 is 0 Å². The minimum Gasteiger partial charge on any atom is -0.497 e. The molecule has 1 saturated heterocycles. The monoisotopic (exact) mass is 484 g/mol. The Kier molecular flexibility index (Phi) is 7.52. The summed E-state index contributed by atoms with van der Waals surface area (Å²) in [6.07, 6.45) is 3.93. The highest BCUT2D eigenvalue weighted by Crippen LogP contribution is 2.41. The molecule has 0 N–H and O–H groups in total. The molecule has 0 radical (unpaired) electrons. The van der Waals surface area contributed by atoms with Crippen molar-refractivity contribution in [2.45, 2.75) is 19.3 Å². The molecule has 36 heavy (non-hydrogen) atoms. The Morgan fingerprint density at radius 3 is 1.86 bits per heavy atom. The highest BCUT2D eigenvalue weighted by atomic mass is 16.5. The van der Waals surface area contributed by atoms with Crippen molar-refractivity contribution in [2.75, 3.05) is 40.5 Å². The van der Waals surface area contributed by atoms with Gasteiger partial charge in [0.2, 0.25) is 0 Å². The average Bonchev–Trinajstić information content (AvgIpc) is 3.39. The summed E-state index contributed by atoms with van der Waals surface area (Å²) in [6, 6.07) is 23.8. The third kappa shape index (κ3) is 5.39. The first-order valence-electron chi connectivity index (χ1n) is 12.5. The third-order valence-corrected chi connectivity index (χ3v) is 6.68. The van der Waals surface area contributed by atoms with Crippen molar-refractivity contribution in [3.63, 3.8) is 0 Å². The lowest BCUT2D eigenvalue weighted by molar-refractivity contribution is 0.183. The van der Waals surface area contributed by atoms with Gasteiger partial charge in [-0.25, -0.2) is 0 Å². The number of piperidine rings is 1. The van der Waals surface area contributed by atoms with Crippen molar-refractivity contribution in [3.8, 4) is 51.0 Å². The molecule has 0 bridgehead atoms. The number of ether oxygens (including phenoxy) is 3. The van der Waals surface area contributed by atoms with Gasteiger partial charge >= 0.3 is 0 Å². The predicted molar refractivity (Wildman–Crippen MR) is 142 cm³/mol. The second-order valence-corrected chi connectivity index (χ2v) is 8.97. The number of likely N-dealkylation sites (tertiary alicyclic amines) is 1. The molecule has 1 aliphatic heterocycles. The van der Waals surface area contributed by atoms with E-state index in [9.17, 15) is 0 Å². The first-order valence-corrected chi connectivity index (χ1v) is 12.5. The van der Waals surface area contributed by atoms with E-state index in [-0.39, 0.29) is 0 Å². The maximum atomic E-state index is 6.02. The van der Waals surface area contributed by atoms with Crippen LogP contribution in [0.3, 0.4) is 0 Å². The van der Waals surface area contributed by atoms with E-state index in [0.717, 1.165) is 51.7 Å². The number of methoxy groups -OCH3 is 2. The van der Waals surface area contributed by atoms with Gasteiger partial charge in [-0.15, -0.1) is 0 Å². The molecule has 1 aromatic heterocycles. The Morgan fingerprint density at radius 2 is 1.25 bits per heavy atom. The van der Waals surface area contributed by atoms with Crippen LogP contribution in [0.4, 0.5) is 0 Å². The zero-order valence-corrected chi connectivity index (χ0v) is 20.9. The van der Waals surface area contributed by atoms with Crippen molar-refractivity contribution >= 4 is 0 Å². The Morgan fingerprint density at radius 1 is 0.694 bits per heavy atom. The van der Waals surface area contributed by atoms with Gasteiger partial charge in [0.05, 0.1) is 19.8 Å². The van der Waals surface area contributed by atoms with Crippen LogP contribution in [-0.2, 0) is 0 Å². The third-order valence-electron chi connectivity index (χ3n) is 6.68. The van der Waals surface area contributed by atoms with Gasteiger partial charge < -0.3 is 18.7 Å². The smallest absolute Gasteiger partial charge is 0.175 e.